The van der Waals surface area contributed by atoms with Gasteiger partial charge in [0.15, 0.2) is 17.1 Å². The second-order valence-corrected chi connectivity index (χ2v) is 12.2. The number of H-pyrrole nitrogens is 2. The predicted octanol–water partition coefficient (Wildman–Crippen LogP) is 0.903. The maximum Gasteiger partial charge on any atom is 0.435 e. The number of anilines is 1. The van der Waals surface area contributed by atoms with Gasteiger partial charge in [-0.3, -0.25) is 27.9 Å². The van der Waals surface area contributed by atoms with Gasteiger partial charge in [-0.2, -0.15) is 4.98 Å². The zero-order chi connectivity index (χ0) is 29.3. The third kappa shape index (κ3) is 5.05. The zero-order valence-corrected chi connectivity index (χ0v) is 23.0. The smallest absolute Gasteiger partial charge is 0.390 e. The Labute approximate surface area is 236 Å². The molecule has 16 heteroatoms. The quantitative estimate of drug-likeness (QED) is 0.189. The van der Waals surface area contributed by atoms with E-state index in [2.05, 4.69) is 19.9 Å². The molecule has 0 spiro atoms. The molecule has 0 unspecified atom stereocenters. The largest absolute Gasteiger partial charge is 0.435 e. The monoisotopic (exact) mass is 580 g/mol. The summed E-state index contributed by atoms with van der Waals surface area (Å²) in [5.41, 5.74) is 5.09. The summed E-state index contributed by atoms with van der Waals surface area (Å²) in [6.07, 6.45) is 8.54. The van der Waals surface area contributed by atoms with Crippen LogP contribution in [-0.2, 0) is 26.2 Å². The van der Waals surface area contributed by atoms with Crippen LogP contribution in [0.3, 0.4) is 0 Å². The van der Waals surface area contributed by atoms with E-state index in [-0.39, 0.29) is 28.4 Å². The van der Waals surface area contributed by atoms with Crippen LogP contribution in [0.25, 0.3) is 22.3 Å². The SMILES string of the molecule is Nc1nc2c([nH]1)c(=O)n(CC1CC1)c(=O)n2CC1CC1.O=c1c2[nH]c([N+](=O)[O-])nc2n(CC2CC2)c(=O)n1CC1CC1. The lowest BCUT2D eigenvalue weighted by atomic mass is 10.3. The Kier molecular flexibility index (Phi) is 6.16. The lowest BCUT2D eigenvalue weighted by molar-refractivity contribution is -0.393. The van der Waals surface area contributed by atoms with Crippen LogP contribution in [0.4, 0.5) is 11.9 Å². The van der Waals surface area contributed by atoms with E-state index < -0.39 is 22.1 Å². The number of hydrogen-bond donors (Lipinski definition) is 3. The Morgan fingerprint density at radius 3 is 1.45 bits per heavy atom. The summed E-state index contributed by atoms with van der Waals surface area (Å²) >= 11 is 0. The van der Waals surface area contributed by atoms with Crippen molar-refractivity contribution >= 4 is 34.2 Å². The molecule has 0 aromatic carbocycles. The summed E-state index contributed by atoms with van der Waals surface area (Å²) in [5.74, 6) is 1.43. The maximum atomic E-state index is 12.6. The van der Waals surface area contributed by atoms with Gasteiger partial charge in [-0.1, -0.05) is 0 Å². The number of nitrogen functional groups attached to an aromatic ring is 1. The van der Waals surface area contributed by atoms with Crippen molar-refractivity contribution in [3.05, 3.63) is 51.8 Å². The van der Waals surface area contributed by atoms with Crippen LogP contribution in [0.5, 0.6) is 0 Å². The van der Waals surface area contributed by atoms with E-state index in [0.717, 1.165) is 51.4 Å². The van der Waals surface area contributed by atoms with Crippen LogP contribution in [0, 0.1) is 33.8 Å². The van der Waals surface area contributed by atoms with Crippen LogP contribution in [0.15, 0.2) is 19.2 Å². The molecule has 0 aliphatic heterocycles. The van der Waals surface area contributed by atoms with Crippen LogP contribution in [0.1, 0.15) is 51.4 Å². The molecule has 4 fully saturated rings. The van der Waals surface area contributed by atoms with Crippen molar-refractivity contribution in [2.75, 3.05) is 5.73 Å². The minimum absolute atomic E-state index is 0.0487. The molecule has 8 rings (SSSR count). The van der Waals surface area contributed by atoms with E-state index >= 15 is 0 Å². The van der Waals surface area contributed by atoms with Gasteiger partial charge in [0.2, 0.25) is 5.52 Å². The molecule has 4 N–H and O–H groups in total. The number of nitrogens with zero attached hydrogens (tertiary/aromatic N) is 7. The van der Waals surface area contributed by atoms with Gasteiger partial charge < -0.3 is 20.8 Å². The van der Waals surface area contributed by atoms with E-state index in [1.807, 2.05) is 0 Å². The molecule has 0 saturated heterocycles. The summed E-state index contributed by atoms with van der Waals surface area (Å²) in [7, 11) is 0. The van der Waals surface area contributed by atoms with Crippen molar-refractivity contribution in [2.24, 2.45) is 23.7 Å². The van der Waals surface area contributed by atoms with Crippen LogP contribution < -0.4 is 28.2 Å². The Morgan fingerprint density at radius 1 is 0.667 bits per heavy atom. The average Bonchev–Trinajstić information content (AvgIpc) is 3.75. The second-order valence-electron chi connectivity index (χ2n) is 12.2. The van der Waals surface area contributed by atoms with Crippen molar-refractivity contribution in [1.82, 2.24) is 38.2 Å². The fourth-order valence-corrected chi connectivity index (χ4v) is 5.31. The van der Waals surface area contributed by atoms with Gasteiger partial charge in [-0.25, -0.2) is 14.6 Å². The minimum atomic E-state index is -0.684. The van der Waals surface area contributed by atoms with E-state index in [4.69, 9.17) is 5.73 Å². The molecule has 4 aliphatic rings. The highest BCUT2D eigenvalue weighted by Gasteiger charge is 2.31. The van der Waals surface area contributed by atoms with Gasteiger partial charge in [0, 0.05) is 26.2 Å². The third-order valence-electron chi connectivity index (χ3n) is 8.45. The van der Waals surface area contributed by atoms with Crippen molar-refractivity contribution < 1.29 is 4.92 Å². The standard InChI is InChI=1S/C13H15N5O4.C13H17N5O2/c19-11-9-10(15-12(14-9)18(21)22)16(5-7-1-2-7)13(20)17(11)6-8-3-4-8;14-12-15-9-10(16-12)17(5-7-1-2-7)13(20)18(11(9)19)6-8-3-4-8/h7-8H,1-6H2,(H,14,15);7-8H,1-6H2,(H3,14,15,16). The Balaban J connectivity index is 0.000000138. The van der Waals surface area contributed by atoms with Gasteiger partial charge >= 0.3 is 17.3 Å². The number of aromatic nitrogens is 8. The lowest BCUT2D eigenvalue weighted by Gasteiger charge is -2.10. The predicted molar refractivity (Wildman–Crippen MR) is 151 cm³/mol. The van der Waals surface area contributed by atoms with Gasteiger partial charge in [-0.15, -0.1) is 0 Å². The van der Waals surface area contributed by atoms with Gasteiger partial charge in [0.05, 0.1) is 0 Å². The summed E-state index contributed by atoms with van der Waals surface area (Å²) in [6.45, 7) is 1.98. The molecule has 0 amide bonds. The number of hydrogen-bond acceptors (Lipinski definition) is 9. The van der Waals surface area contributed by atoms with E-state index in [0.29, 0.717) is 61.0 Å². The summed E-state index contributed by atoms with van der Waals surface area (Å²) in [6, 6.07) is 0. The fourth-order valence-electron chi connectivity index (χ4n) is 5.31. The maximum absolute atomic E-state index is 12.6. The lowest BCUT2D eigenvalue weighted by Crippen LogP contribution is -2.41. The summed E-state index contributed by atoms with van der Waals surface area (Å²) in [4.78, 5) is 73.5. The van der Waals surface area contributed by atoms with Crippen molar-refractivity contribution in [2.45, 2.75) is 77.5 Å². The summed E-state index contributed by atoms with van der Waals surface area (Å²) < 4.78 is 5.58. The first kappa shape index (κ1) is 26.4. The normalized spacial score (nSPS) is 18.4. The minimum Gasteiger partial charge on any atom is -0.390 e. The number of aromatic amines is 2. The van der Waals surface area contributed by atoms with Crippen molar-refractivity contribution in [3.63, 3.8) is 0 Å². The Hall–Kier alpha value is -4.50. The molecule has 4 saturated carbocycles. The van der Waals surface area contributed by atoms with Gasteiger partial charge in [0.25, 0.3) is 16.8 Å². The number of imidazole rings is 2. The molecule has 4 aromatic rings. The molecule has 0 bridgehead atoms. The molecular formula is C26H32N10O6. The van der Waals surface area contributed by atoms with Crippen LogP contribution >= 0.6 is 0 Å². The number of nitrogens with one attached hydrogen (secondary N) is 2. The average molecular weight is 581 g/mol. The zero-order valence-electron chi connectivity index (χ0n) is 23.0. The molecule has 4 heterocycles. The highest BCUT2D eigenvalue weighted by Crippen LogP contribution is 2.33. The molecule has 222 valence electrons. The van der Waals surface area contributed by atoms with Crippen molar-refractivity contribution in [1.29, 1.82) is 0 Å². The topological polar surface area (TPSA) is 215 Å². The number of fused-ring (bicyclic) bond motifs is 2. The van der Waals surface area contributed by atoms with E-state index in [9.17, 15) is 29.3 Å². The van der Waals surface area contributed by atoms with Gasteiger partial charge in [0.1, 0.15) is 0 Å². The third-order valence-corrected chi connectivity index (χ3v) is 8.45. The van der Waals surface area contributed by atoms with Crippen molar-refractivity contribution in [3.8, 4) is 0 Å². The van der Waals surface area contributed by atoms with Gasteiger partial charge in [-0.05, 0) is 84.9 Å². The first-order valence-electron chi connectivity index (χ1n) is 14.5. The van der Waals surface area contributed by atoms with Crippen LogP contribution in [-0.4, -0.2) is 43.1 Å². The fraction of sp³-hybridized carbons (Fsp3) is 0.615. The van der Waals surface area contributed by atoms with E-state index in [1.54, 1.807) is 4.57 Å². The Morgan fingerprint density at radius 2 is 1.05 bits per heavy atom. The molecule has 42 heavy (non-hydrogen) atoms. The number of rotatable bonds is 9. The molecular weight excluding hydrogens is 548 g/mol. The molecule has 4 aliphatic carbocycles. The highest BCUT2D eigenvalue weighted by atomic mass is 16.6. The number of nitro groups is 1. The molecule has 0 radical (unpaired) electrons. The highest BCUT2D eigenvalue weighted by molar-refractivity contribution is 5.72. The molecule has 4 aromatic heterocycles. The van der Waals surface area contributed by atoms with E-state index in [1.165, 1.54) is 13.7 Å². The second kappa shape index (κ2) is 9.80. The Bertz CT molecular complexity index is 1960. The molecule has 0 atom stereocenters. The first-order chi connectivity index (χ1) is 20.2. The first-order valence-corrected chi connectivity index (χ1v) is 14.5. The molecule has 16 nitrogen and oxygen atoms in total. The summed E-state index contributed by atoms with van der Waals surface area (Å²) in [5, 5.41) is 10.9. The van der Waals surface area contributed by atoms with Crippen LogP contribution in [0.2, 0.25) is 0 Å². The number of nitrogens with two attached hydrogens (primary N) is 1.